The summed E-state index contributed by atoms with van der Waals surface area (Å²) in [5, 5.41) is 6.53. The molecule has 96 valence electrons. The quantitative estimate of drug-likeness (QED) is 0.779. The molecule has 3 rings (SSSR count). The molecule has 0 aliphatic heterocycles. The summed E-state index contributed by atoms with van der Waals surface area (Å²) in [5.74, 6) is 0. The summed E-state index contributed by atoms with van der Waals surface area (Å²) in [5.41, 5.74) is 8.27. The van der Waals surface area contributed by atoms with Crippen molar-refractivity contribution in [3.63, 3.8) is 0 Å². The van der Waals surface area contributed by atoms with Crippen LogP contribution in [0.4, 0.5) is 0 Å². The maximum Gasteiger partial charge on any atom is 0.0903 e. The molecule has 3 aromatic rings. The van der Waals surface area contributed by atoms with Gasteiger partial charge in [0.1, 0.15) is 0 Å². The normalized spacial score (nSPS) is 12.7. The van der Waals surface area contributed by atoms with Crippen LogP contribution in [-0.4, -0.2) is 14.8 Å². The van der Waals surface area contributed by atoms with Gasteiger partial charge in [0.2, 0.25) is 0 Å². The van der Waals surface area contributed by atoms with Gasteiger partial charge in [0.25, 0.3) is 0 Å². The van der Waals surface area contributed by atoms with E-state index in [0.717, 1.165) is 28.7 Å². The third kappa shape index (κ3) is 2.00. The SMILES string of the molecule is CCn1nccc1C(N)c1nccc2ccccc12. The molecule has 0 spiro atoms. The van der Waals surface area contributed by atoms with Crippen molar-refractivity contribution >= 4 is 10.8 Å². The van der Waals surface area contributed by atoms with Gasteiger partial charge < -0.3 is 5.73 Å². The minimum absolute atomic E-state index is 0.256. The maximum absolute atomic E-state index is 6.38. The van der Waals surface area contributed by atoms with Gasteiger partial charge in [0, 0.05) is 24.3 Å². The highest BCUT2D eigenvalue weighted by Gasteiger charge is 2.16. The zero-order chi connectivity index (χ0) is 13.2. The van der Waals surface area contributed by atoms with E-state index >= 15 is 0 Å². The van der Waals surface area contributed by atoms with Crippen molar-refractivity contribution < 1.29 is 0 Å². The van der Waals surface area contributed by atoms with E-state index in [1.807, 2.05) is 35.1 Å². The van der Waals surface area contributed by atoms with E-state index < -0.39 is 0 Å². The Morgan fingerprint density at radius 3 is 2.84 bits per heavy atom. The Morgan fingerprint density at radius 1 is 1.16 bits per heavy atom. The van der Waals surface area contributed by atoms with Crippen molar-refractivity contribution in [2.75, 3.05) is 0 Å². The van der Waals surface area contributed by atoms with Gasteiger partial charge in [0.15, 0.2) is 0 Å². The lowest BCUT2D eigenvalue weighted by Crippen LogP contribution is -2.18. The molecule has 2 aromatic heterocycles. The van der Waals surface area contributed by atoms with E-state index in [4.69, 9.17) is 5.73 Å². The number of hydrogen-bond donors (Lipinski definition) is 1. The molecule has 0 amide bonds. The molecule has 4 nitrogen and oxygen atoms in total. The number of pyridine rings is 1. The van der Waals surface area contributed by atoms with Crippen LogP contribution >= 0.6 is 0 Å². The number of rotatable bonds is 3. The summed E-state index contributed by atoms with van der Waals surface area (Å²) in [4.78, 5) is 4.47. The van der Waals surface area contributed by atoms with Gasteiger partial charge in [-0.1, -0.05) is 24.3 Å². The highest BCUT2D eigenvalue weighted by molar-refractivity contribution is 5.84. The van der Waals surface area contributed by atoms with Gasteiger partial charge in [0.05, 0.1) is 17.4 Å². The highest BCUT2D eigenvalue weighted by Crippen LogP contribution is 2.25. The second kappa shape index (κ2) is 4.82. The molecule has 0 saturated heterocycles. The van der Waals surface area contributed by atoms with Crippen molar-refractivity contribution in [2.24, 2.45) is 5.73 Å². The monoisotopic (exact) mass is 252 g/mol. The summed E-state index contributed by atoms with van der Waals surface area (Å²) in [6.45, 7) is 2.86. The Hall–Kier alpha value is -2.20. The van der Waals surface area contributed by atoms with E-state index in [1.54, 1.807) is 6.20 Å². The smallest absolute Gasteiger partial charge is 0.0903 e. The van der Waals surface area contributed by atoms with Crippen LogP contribution in [0.3, 0.4) is 0 Å². The van der Waals surface area contributed by atoms with Crippen LogP contribution in [0, 0.1) is 0 Å². The summed E-state index contributed by atoms with van der Waals surface area (Å²) in [6, 6.07) is 11.9. The van der Waals surface area contributed by atoms with Crippen molar-refractivity contribution in [2.45, 2.75) is 19.5 Å². The Morgan fingerprint density at radius 2 is 2.00 bits per heavy atom. The van der Waals surface area contributed by atoms with Crippen molar-refractivity contribution in [1.82, 2.24) is 14.8 Å². The molecule has 4 heteroatoms. The first kappa shape index (κ1) is 11.9. The number of fused-ring (bicyclic) bond motifs is 1. The molecule has 0 radical (unpaired) electrons. The molecular formula is C15H16N4. The summed E-state index contributed by atoms with van der Waals surface area (Å²) in [7, 11) is 0. The van der Waals surface area contributed by atoms with Crippen LogP contribution in [0.15, 0.2) is 48.8 Å². The van der Waals surface area contributed by atoms with Crippen molar-refractivity contribution in [1.29, 1.82) is 0 Å². The third-order valence-electron chi connectivity index (χ3n) is 3.37. The molecule has 1 atom stereocenters. The summed E-state index contributed by atoms with van der Waals surface area (Å²) < 4.78 is 1.91. The highest BCUT2D eigenvalue weighted by atomic mass is 15.3. The van der Waals surface area contributed by atoms with E-state index in [9.17, 15) is 0 Å². The van der Waals surface area contributed by atoms with Gasteiger partial charge in [-0.05, 0) is 24.4 Å². The van der Waals surface area contributed by atoms with Crippen molar-refractivity contribution in [3.05, 3.63) is 60.2 Å². The summed E-state index contributed by atoms with van der Waals surface area (Å²) in [6.07, 6.45) is 3.59. The number of aryl methyl sites for hydroxylation is 1. The number of hydrogen-bond acceptors (Lipinski definition) is 3. The van der Waals surface area contributed by atoms with Crippen LogP contribution in [0.1, 0.15) is 24.4 Å². The van der Waals surface area contributed by atoms with E-state index in [1.165, 1.54) is 0 Å². The molecule has 0 aliphatic carbocycles. The van der Waals surface area contributed by atoms with Gasteiger partial charge >= 0.3 is 0 Å². The van der Waals surface area contributed by atoms with Crippen LogP contribution < -0.4 is 5.73 Å². The van der Waals surface area contributed by atoms with Crippen LogP contribution in [0.25, 0.3) is 10.8 Å². The number of nitrogens with two attached hydrogens (primary N) is 1. The lowest BCUT2D eigenvalue weighted by Gasteiger charge is -2.15. The number of aromatic nitrogens is 3. The standard InChI is InChI=1S/C15H16N4/c1-2-19-13(8-10-18-19)14(16)15-12-6-4-3-5-11(12)7-9-17-15/h3-10,14H,2,16H2,1H3. The summed E-state index contributed by atoms with van der Waals surface area (Å²) >= 11 is 0. The molecule has 1 unspecified atom stereocenters. The lowest BCUT2D eigenvalue weighted by atomic mass is 10.0. The number of nitrogens with zero attached hydrogens (tertiary/aromatic N) is 3. The van der Waals surface area contributed by atoms with Crippen LogP contribution in [0.5, 0.6) is 0 Å². The predicted octanol–water partition coefficient (Wildman–Crippen LogP) is 2.50. The van der Waals surface area contributed by atoms with Gasteiger partial charge in [-0.15, -0.1) is 0 Å². The molecule has 0 bridgehead atoms. The van der Waals surface area contributed by atoms with E-state index in [0.29, 0.717) is 0 Å². The zero-order valence-corrected chi connectivity index (χ0v) is 10.8. The van der Waals surface area contributed by atoms with Gasteiger partial charge in [-0.2, -0.15) is 5.10 Å². The fourth-order valence-corrected chi connectivity index (χ4v) is 2.40. The molecular weight excluding hydrogens is 236 g/mol. The minimum Gasteiger partial charge on any atom is -0.318 e. The Labute approximate surface area is 111 Å². The topological polar surface area (TPSA) is 56.7 Å². The van der Waals surface area contributed by atoms with E-state index in [-0.39, 0.29) is 6.04 Å². The largest absolute Gasteiger partial charge is 0.318 e. The Balaban J connectivity index is 2.14. The first-order valence-corrected chi connectivity index (χ1v) is 6.42. The minimum atomic E-state index is -0.256. The molecule has 2 N–H and O–H groups in total. The third-order valence-corrected chi connectivity index (χ3v) is 3.37. The predicted molar refractivity (Wildman–Crippen MR) is 75.7 cm³/mol. The average Bonchev–Trinajstić information content (AvgIpc) is 2.94. The maximum atomic E-state index is 6.38. The second-order valence-electron chi connectivity index (χ2n) is 4.47. The zero-order valence-electron chi connectivity index (χ0n) is 10.8. The van der Waals surface area contributed by atoms with Crippen molar-refractivity contribution in [3.8, 4) is 0 Å². The fraction of sp³-hybridized carbons (Fsp3) is 0.200. The molecule has 2 heterocycles. The molecule has 19 heavy (non-hydrogen) atoms. The second-order valence-corrected chi connectivity index (χ2v) is 4.47. The Bertz CT molecular complexity index is 697. The van der Waals surface area contributed by atoms with Crippen LogP contribution in [-0.2, 0) is 6.54 Å². The average molecular weight is 252 g/mol. The molecule has 0 fully saturated rings. The van der Waals surface area contributed by atoms with Gasteiger partial charge in [-0.25, -0.2) is 0 Å². The first-order chi connectivity index (χ1) is 9.31. The van der Waals surface area contributed by atoms with E-state index in [2.05, 4.69) is 29.1 Å². The molecule has 1 aromatic carbocycles. The van der Waals surface area contributed by atoms with Crippen LogP contribution in [0.2, 0.25) is 0 Å². The lowest BCUT2D eigenvalue weighted by molar-refractivity contribution is 0.598. The number of benzene rings is 1. The first-order valence-electron chi connectivity index (χ1n) is 6.42. The fourth-order valence-electron chi connectivity index (χ4n) is 2.40. The molecule has 0 saturated carbocycles. The Kier molecular flexibility index (Phi) is 3.01. The van der Waals surface area contributed by atoms with Gasteiger partial charge in [-0.3, -0.25) is 9.67 Å². The molecule has 0 aliphatic rings.